The number of nitrogens with two attached hydrogens (primary N) is 1. The Morgan fingerprint density at radius 2 is 2.25 bits per heavy atom. The fourth-order valence-electron chi connectivity index (χ4n) is 1.37. The van der Waals surface area contributed by atoms with Crippen LogP contribution in [0, 0.1) is 5.82 Å². The Labute approximate surface area is 97.0 Å². The molecule has 0 aliphatic carbocycles. The topological polar surface area (TPSA) is 52.0 Å². The molecule has 0 unspecified atom stereocenters. The van der Waals surface area contributed by atoms with Crippen LogP contribution in [0.25, 0.3) is 11.3 Å². The smallest absolute Gasteiger partial charge is 0.196 e. The third kappa shape index (κ3) is 2.08. The molecule has 2 rings (SSSR count). The average molecular weight is 241 g/mol. The molecule has 3 nitrogen and oxygen atoms in total. The van der Waals surface area contributed by atoms with E-state index in [0.29, 0.717) is 30.2 Å². The van der Waals surface area contributed by atoms with Crippen molar-refractivity contribution in [1.29, 1.82) is 0 Å². The molecule has 0 spiro atoms. The summed E-state index contributed by atoms with van der Waals surface area (Å²) in [6.45, 7) is 0.442. The van der Waals surface area contributed by atoms with Gasteiger partial charge in [0.25, 0.3) is 0 Å². The fraction of sp³-hybridized carbons (Fsp3) is 0.182. The molecule has 1 heterocycles. The van der Waals surface area contributed by atoms with Gasteiger partial charge in [0, 0.05) is 13.0 Å². The van der Waals surface area contributed by atoms with Crippen LogP contribution in [0.2, 0.25) is 5.02 Å². The van der Waals surface area contributed by atoms with Crippen molar-refractivity contribution in [1.82, 2.24) is 4.98 Å². The lowest BCUT2D eigenvalue weighted by atomic mass is 10.2. The molecule has 84 valence electrons. The molecule has 0 atom stereocenters. The van der Waals surface area contributed by atoms with Crippen molar-refractivity contribution >= 4 is 11.6 Å². The summed E-state index contributed by atoms with van der Waals surface area (Å²) in [6.07, 6.45) is 2.00. The van der Waals surface area contributed by atoms with Crippen LogP contribution in [0.15, 0.2) is 28.8 Å². The van der Waals surface area contributed by atoms with Gasteiger partial charge in [-0.25, -0.2) is 9.37 Å². The fourth-order valence-corrected chi connectivity index (χ4v) is 1.54. The van der Waals surface area contributed by atoms with Gasteiger partial charge in [0.05, 0.1) is 16.8 Å². The number of hydrogen-bond donors (Lipinski definition) is 1. The highest BCUT2D eigenvalue weighted by molar-refractivity contribution is 6.31. The van der Waals surface area contributed by atoms with Crippen molar-refractivity contribution in [2.75, 3.05) is 6.54 Å². The number of rotatable bonds is 3. The van der Waals surface area contributed by atoms with E-state index in [4.69, 9.17) is 21.8 Å². The molecule has 0 amide bonds. The summed E-state index contributed by atoms with van der Waals surface area (Å²) in [5.74, 6) is 0.361. The third-order valence-corrected chi connectivity index (χ3v) is 2.42. The predicted octanol–water partition coefficient (Wildman–Crippen LogP) is 2.64. The van der Waals surface area contributed by atoms with E-state index in [1.165, 1.54) is 12.3 Å². The zero-order valence-electron chi connectivity index (χ0n) is 8.41. The highest BCUT2D eigenvalue weighted by Crippen LogP contribution is 2.27. The summed E-state index contributed by atoms with van der Waals surface area (Å²) in [5.41, 5.74) is 5.68. The number of halogens is 2. The summed E-state index contributed by atoms with van der Waals surface area (Å²) < 4.78 is 19.0. The summed E-state index contributed by atoms with van der Waals surface area (Å²) in [4.78, 5) is 4.00. The first kappa shape index (κ1) is 11.1. The summed E-state index contributed by atoms with van der Waals surface area (Å²) >= 11 is 5.67. The van der Waals surface area contributed by atoms with Crippen LogP contribution in [0.4, 0.5) is 4.39 Å². The van der Waals surface area contributed by atoms with Crippen LogP contribution in [-0.4, -0.2) is 11.5 Å². The standard InChI is InChI=1S/C11H10ClFN2O/c12-8-3-1-2-7(11(8)13)9-6-15-10(16-9)4-5-14/h1-3,6H,4-5,14H2. The average Bonchev–Trinajstić information content (AvgIpc) is 2.71. The van der Waals surface area contributed by atoms with E-state index in [0.717, 1.165) is 0 Å². The molecule has 0 radical (unpaired) electrons. The van der Waals surface area contributed by atoms with Crippen LogP contribution in [0.5, 0.6) is 0 Å². The van der Waals surface area contributed by atoms with Gasteiger partial charge in [0.1, 0.15) is 0 Å². The van der Waals surface area contributed by atoms with Crippen LogP contribution < -0.4 is 5.73 Å². The van der Waals surface area contributed by atoms with Crippen molar-refractivity contribution in [3.8, 4) is 11.3 Å². The molecule has 16 heavy (non-hydrogen) atoms. The van der Waals surface area contributed by atoms with Crippen LogP contribution >= 0.6 is 11.6 Å². The van der Waals surface area contributed by atoms with Gasteiger partial charge in [-0.1, -0.05) is 17.7 Å². The predicted molar refractivity (Wildman–Crippen MR) is 59.7 cm³/mol. The first-order valence-electron chi connectivity index (χ1n) is 4.81. The molecule has 2 N–H and O–H groups in total. The molecule has 0 bridgehead atoms. The number of oxazole rings is 1. The Bertz CT molecular complexity index is 498. The summed E-state index contributed by atoms with van der Waals surface area (Å²) in [6, 6.07) is 4.73. The number of hydrogen-bond acceptors (Lipinski definition) is 3. The molecule has 0 aliphatic rings. The Morgan fingerprint density at radius 1 is 1.44 bits per heavy atom. The lowest BCUT2D eigenvalue weighted by molar-refractivity contribution is 0.504. The maximum absolute atomic E-state index is 13.6. The quantitative estimate of drug-likeness (QED) is 0.897. The first-order chi connectivity index (χ1) is 7.72. The Kier molecular flexibility index (Phi) is 3.22. The van der Waals surface area contributed by atoms with Gasteiger partial charge < -0.3 is 10.2 Å². The second-order valence-electron chi connectivity index (χ2n) is 3.26. The minimum atomic E-state index is -0.500. The Hall–Kier alpha value is -1.39. The summed E-state index contributed by atoms with van der Waals surface area (Å²) in [7, 11) is 0. The molecule has 5 heteroatoms. The number of benzene rings is 1. The van der Waals surface area contributed by atoms with Crippen molar-refractivity contribution in [2.24, 2.45) is 5.73 Å². The molecular formula is C11H10ClFN2O. The van der Waals surface area contributed by atoms with Gasteiger partial charge in [0.2, 0.25) is 0 Å². The first-order valence-corrected chi connectivity index (χ1v) is 5.19. The van der Waals surface area contributed by atoms with Gasteiger partial charge in [-0.05, 0) is 12.1 Å². The lowest BCUT2D eigenvalue weighted by Gasteiger charge is -1.99. The van der Waals surface area contributed by atoms with E-state index in [1.54, 1.807) is 12.1 Å². The van der Waals surface area contributed by atoms with E-state index in [-0.39, 0.29) is 5.02 Å². The highest BCUT2D eigenvalue weighted by Gasteiger charge is 2.12. The van der Waals surface area contributed by atoms with E-state index in [2.05, 4.69) is 4.98 Å². The molecular weight excluding hydrogens is 231 g/mol. The van der Waals surface area contributed by atoms with Crippen LogP contribution in [-0.2, 0) is 6.42 Å². The van der Waals surface area contributed by atoms with E-state index >= 15 is 0 Å². The maximum Gasteiger partial charge on any atom is 0.196 e. The van der Waals surface area contributed by atoms with Gasteiger partial charge >= 0.3 is 0 Å². The Morgan fingerprint density at radius 3 is 3.00 bits per heavy atom. The van der Waals surface area contributed by atoms with Gasteiger partial charge in [-0.2, -0.15) is 0 Å². The lowest BCUT2D eigenvalue weighted by Crippen LogP contribution is -2.02. The largest absolute Gasteiger partial charge is 0.441 e. The normalized spacial score (nSPS) is 10.7. The maximum atomic E-state index is 13.6. The van der Waals surface area contributed by atoms with Crippen LogP contribution in [0.3, 0.4) is 0 Å². The molecule has 0 saturated heterocycles. The molecule has 0 saturated carbocycles. The summed E-state index contributed by atoms with van der Waals surface area (Å²) in [5, 5.41) is 0.0641. The highest BCUT2D eigenvalue weighted by atomic mass is 35.5. The van der Waals surface area contributed by atoms with Gasteiger partial charge in [0.15, 0.2) is 17.5 Å². The molecule has 0 aliphatic heterocycles. The van der Waals surface area contributed by atoms with E-state index < -0.39 is 5.82 Å². The van der Waals surface area contributed by atoms with Crippen molar-refractivity contribution in [3.05, 3.63) is 41.1 Å². The second kappa shape index (κ2) is 4.63. The second-order valence-corrected chi connectivity index (χ2v) is 3.67. The number of nitrogens with zero attached hydrogens (tertiary/aromatic N) is 1. The van der Waals surface area contributed by atoms with E-state index in [1.807, 2.05) is 0 Å². The van der Waals surface area contributed by atoms with Gasteiger partial charge in [-0.3, -0.25) is 0 Å². The molecule has 1 aromatic carbocycles. The number of aromatic nitrogens is 1. The minimum absolute atomic E-state index is 0.0641. The minimum Gasteiger partial charge on any atom is -0.441 e. The van der Waals surface area contributed by atoms with Crippen molar-refractivity contribution in [2.45, 2.75) is 6.42 Å². The SMILES string of the molecule is NCCc1ncc(-c2cccc(Cl)c2F)o1. The van der Waals surface area contributed by atoms with Crippen molar-refractivity contribution < 1.29 is 8.81 Å². The molecule has 1 aromatic heterocycles. The zero-order valence-corrected chi connectivity index (χ0v) is 9.17. The monoisotopic (exact) mass is 240 g/mol. The van der Waals surface area contributed by atoms with E-state index in [9.17, 15) is 4.39 Å². The van der Waals surface area contributed by atoms with Gasteiger partial charge in [-0.15, -0.1) is 0 Å². The molecule has 0 fully saturated rings. The third-order valence-electron chi connectivity index (χ3n) is 2.13. The Balaban J connectivity index is 2.39. The van der Waals surface area contributed by atoms with Crippen molar-refractivity contribution in [3.63, 3.8) is 0 Å². The zero-order chi connectivity index (χ0) is 11.5. The molecule has 2 aromatic rings. The van der Waals surface area contributed by atoms with Crippen LogP contribution in [0.1, 0.15) is 5.89 Å².